The summed E-state index contributed by atoms with van der Waals surface area (Å²) in [4.78, 5) is 11.9. The monoisotopic (exact) mass is 246 g/mol. The van der Waals surface area contributed by atoms with E-state index in [1.54, 1.807) is 30.6 Å². The van der Waals surface area contributed by atoms with E-state index in [4.69, 9.17) is 10.5 Å². The van der Waals surface area contributed by atoms with Crippen LogP contribution in [0, 0.1) is 0 Å². The Labute approximate surface area is 104 Å². The molecule has 2 aromatic rings. The van der Waals surface area contributed by atoms with Crippen LogP contribution in [0.15, 0.2) is 30.6 Å². The first kappa shape index (κ1) is 12.0. The van der Waals surface area contributed by atoms with Gasteiger partial charge in [-0.1, -0.05) is 0 Å². The lowest BCUT2D eigenvalue weighted by Crippen LogP contribution is -2.22. The van der Waals surface area contributed by atoms with Crippen molar-refractivity contribution in [3.05, 3.63) is 41.7 Å². The number of nitrogens with one attached hydrogen (secondary N) is 2. The molecule has 94 valence electrons. The Morgan fingerprint density at radius 3 is 3.06 bits per heavy atom. The van der Waals surface area contributed by atoms with Gasteiger partial charge in [-0.15, -0.1) is 0 Å². The molecule has 0 bridgehead atoms. The fourth-order valence-electron chi connectivity index (χ4n) is 1.51. The second-order valence-electron chi connectivity index (χ2n) is 3.75. The van der Waals surface area contributed by atoms with Crippen LogP contribution in [-0.2, 0) is 6.54 Å². The maximum Gasteiger partial charge on any atom is 0.251 e. The topological polar surface area (TPSA) is 93.0 Å². The van der Waals surface area contributed by atoms with E-state index in [9.17, 15) is 4.79 Å². The van der Waals surface area contributed by atoms with Crippen LogP contribution in [0.5, 0.6) is 5.75 Å². The quantitative estimate of drug-likeness (QED) is 0.700. The van der Waals surface area contributed by atoms with E-state index in [0.717, 1.165) is 5.56 Å². The van der Waals surface area contributed by atoms with Gasteiger partial charge in [-0.25, -0.2) is 0 Å². The van der Waals surface area contributed by atoms with Crippen LogP contribution < -0.4 is 15.8 Å². The number of nitrogens with zero attached hydrogens (tertiary/aromatic N) is 1. The third-order valence-electron chi connectivity index (χ3n) is 2.50. The summed E-state index contributed by atoms with van der Waals surface area (Å²) in [6, 6.07) is 4.91. The molecule has 0 aliphatic carbocycles. The minimum absolute atomic E-state index is 0.186. The molecule has 1 amide bonds. The third-order valence-corrected chi connectivity index (χ3v) is 2.50. The van der Waals surface area contributed by atoms with Gasteiger partial charge in [-0.3, -0.25) is 9.89 Å². The number of rotatable bonds is 4. The van der Waals surface area contributed by atoms with E-state index in [2.05, 4.69) is 15.5 Å². The molecule has 0 fully saturated rings. The molecule has 0 radical (unpaired) electrons. The predicted molar refractivity (Wildman–Crippen MR) is 67.2 cm³/mol. The molecule has 0 saturated carbocycles. The number of hydrogen-bond acceptors (Lipinski definition) is 4. The maximum absolute atomic E-state index is 11.9. The van der Waals surface area contributed by atoms with Gasteiger partial charge in [0, 0.05) is 23.9 Å². The number of H-pyrrole nitrogens is 1. The number of benzene rings is 1. The van der Waals surface area contributed by atoms with Crippen LogP contribution in [0.25, 0.3) is 0 Å². The number of aromatic nitrogens is 2. The molecule has 0 aliphatic heterocycles. The van der Waals surface area contributed by atoms with Crippen LogP contribution in [-0.4, -0.2) is 23.2 Å². The van der Waals surface area contributed by atoms with E-state index < -0.39 is 0 Å². The summed E-state index contributed by atoms with van der Waals surface area (Å²) < 4.78 is 5.07. The van der Waals surface area contributed by atoms with Gasteiger partial charge < -0.3 is 15.8 Å². The largest absolute Gasteiger partial charge is 0.495 e. The Hall–Kier alpha value is -2.50. The Morgan fingerprint density at radius 2 is 2.39 bits per heavy atom. The van der Waals surface area contributed by atoms with Crippen molar-refractivity contribution >= 4 is 11.6 Å². The zero-order chi connectivity index (χ0) is 13.0. The predicted octanol–water partition coefficient (Wildman–Crippen LogP) is 0.931. The average molecular weight is 246 g/mol. The minimum atomic E-state index is -0.186. The molecule has 18 heavy (non-hydrogen) atoms. The van der Waals surface area contributed by atoms with Crippen molar-refractivity contribution in [1.82, 2.24) is 15.5 Å². The van der Waals surface area contributed by atoms with E-state index in [1.165, 1.54) is 7.11 Å². The van der Waals surface area contributed by atoms with Gasteiger partial charge >= 0.3 is 0 Å². The summed E-state index contributed by atoms with van der Waals surface area (Å²) in [5.74, 6) is 0.306. The second kappa shape index (κ2) is 5.22. The molecule has 0 unspecified atom stereocenters. The Balaban J connectivity index is 2.04. The van der Waals surface area contributed by atoms with Gasteiger partial charge in [-0.2, -0.15) is 5.10 Å². The lowest BCUT2D eigenvalue weighted by Gasteiger charge is -2.07. The summed E-state index contributed by atoms with van der Waals surface area (Å²) in [7, 11) is 1.51. The van der Waals surface area contributed by atoms with Crippen molar-refractivity contribution in [2.24, 2.45) is 0 Å². The number of anilines is 1. The zero-order valence-electron chi connectivity index (χ0n) is 9.93. The maximum atomic E-state index is 11.9. The molecule has 0 saturated heterocycles. The van der Waals surface area contributed by atoms with Gasteiger partial charge in [0.2, 0.25) is 0 Å². The number of carbonyl (C=O) groups is 1. The van der Waals surface area contributed by atoms with Crippen molar-refractivity contribution in [2.45, 2.75) is 6.54 Å². The van der Waals surface area contributed by atoms with Crippen LogP contribution >= 0.6 is 0 Å². The molecule has 0 atom stereocenters. The molecular weight excluding hydrogens is 232 g/mol. The summed E-state index contributed by atoms with van der Waals surface area (Å²) >= 11 is 0. The zero-order valence-corrected chi connectivity index (χ0v) is 9.93. The Morgan fingerprint density at radius 1 is 1.56 bits per heavy atom. The molecule has 6 nitrogen and oxygen atoms in total. The van der Waals surface area contributed by atoms with Crippen LogP contribution in [0.1, 0.15) is 15.9 Å². The number of hydrogen-bond donors (Lipinski definition) is 3. The number of methoxy groups -OCH3 is 1. The second-order valence-corrected chi connectivity index (χ2v) is 3.75. The highest BCUT2D eigenvalue weighted by molar-refractivity contribution is 5.95. The fraction of sp³-hybridized carbons (Fsp3) is 0.167. The molecular formula is C12H14N4O2. The number of aromatic amines is 1. The normalized spacial score (nSPS) is 10.1. The standard InChI is InChI=1S/C12H14N4O2/c1-18-11-4-9(2-3-10(11)13)12(17)14-5-8-6-15-16-7-8/h2-4,6-7H,5,13H2,1H3,(H,14,17)(H,15,16). The first-order valence-electron chi connectivity index (χ1n) is 5.40. The molecule has 1 heterocycles. The van der Waals surface area contributed by atoms with Crippen molar-refractivity contribution in [3.63, 3.8) is 0 Å². The van der Waals surface area contributed by atoms with Gasteiger partial charge in [0.25, 0.3) is 5.91 Å². The van der Waals surface area contributed by atoms with Crippen molar-refractivity contribution in [3.8, 4) is 5.75 Å². The molecule has 6 heteroatoms. The average Bonchev–Trinajstić information content (AvgIpc) is 2.89. The first-order valence-corrected chi connectivity index (χ1v) is 5.40. The molecule has 4 N–H and O–H groups in total. The first-order chi connectivity index (χ1) is 8.70. The van der Waals surface area contributed by atoms with Gasteiger partial charge in [0.15, 0.2) is 0 Å². The van der Waals surface area contributed by atoms with Crippen LogP contribution in [0.4, 0.5) is 5.69 Å². The lowest BCUT2D eigenvalue weighted by atomic mass is 10.1. The minimum Gasteiger partial charge on any atom is -0.495 e. The lowest BCUT2D eigenvalue weighted by molar-refractivity contribution is 0.0950. The van der Waals surface area contributed by atoms with Gasteiger partial charge in [0.1, 0.15) is 5.75 Å². The van der Waals surface area contributed by atoms with E-state index in [-0.39, 0.29) is 5.91 Å². The van der Waals surface area contributed by atoms with E-state index >= 15 is 0 Å². The van der Waals surface area contributed by atoms with Crippen LogP contribution in [0.2, 0.25) is 0 Å². The van der Waals surface area contributed by atoms with Crippen molar-refractivity contribution < 1.29 is 9.53 Å². The fourth-order valence-corrected chi connectivity index (χ4v) is 1.51. The molecule has 2 rings (SSSR count). The Kier molecular flexibility index (Phi) is 3.47. The highest BCUT2D eigenvalue weighted by Crippen LogP contribution is 2.21. The SMILES string of the molecule is COc1cc(C(=O)NCc2cn[nH]c2)ccc1N. The molecule has 1 aromatic heterocycles. The summed E-state index contributed by atoms with van der Waals surface area (Å²) in [5.41, 5.74) is 7.60. The third kappa shape index (κ3) is 2.60. The summed E-state index contributed by atoms with van der Waals surface area (Å²) in [6.07, 6.45) is 3.38. The van der Waals surface area contributed by atoms with Gasteiger partial charge in [0.05, 0.1) is 19.0 Å². The smallest absolute Gasteiger partial charge is 0.251 e. The van der Waals surface area contributed by atoms with E-state index in [0.29, 0.717) is 23.5 Å². The number of ether oxygens (including phenoxy) is 1. The van der Waals surface area contributed by atoms with Crippen LogP contribution in [0.3, 0.4) is 0 Å². The molecule has 0 aliphatic rings. The number of nitrogen functional groups attached to an aromatic ring is 1. The highest BCUT2D eigenvalue weighted by atomic mass is 16.5. The summed E-state index contributed by atoms with van der Waals surface area (Å²) in [6.45, 7) is 0.419. The molecule has 1 aromatic carbocycles. The highest BCUT2D eigenvalue weighted by Gasteiger charge is 2.08. The number of nitrogens with two attached hydrogens (primary N) is 1. The number of amides is 1. The summed E-state index contributed by atoms with van der Waals surface area (Å²) in [5, 5.41) is 9.26. The Bertz CT molecular complexity index is 537. The van der Waals surface area contributed by atoms with E-state index in [1.807, 2.05) is 0 Å². The van der Waals surface area contributed by atoms with Crippen molar-refractivity contribution in [2.75, 3.05) is 12.8 Å². The van der Waals surface area contributed by atoms with Crippen molar-refractivity contribution in [1.29, 1.82) is 0 Å². The number of carbonyl (C=O) groups excluding carboxylic acids is 1. The molecule has 0 spiro atoms. The van der Waals surface area contributed by atoms with Gasteiger partial charge in [-0.05, 0) is 18.2 Å².